The van der Waals surface area contributed by atoms with Crippen LogP contribution in [0.15, 0.2) is 58.3 Å². The van der Waals surface area contributed by atoms with E-state index in [1.54, 1.807) is 12.3 Å². The minimum Gasteiger partial charge on any atom is -0.488 e. The lowest BCUT2D eigenvalue weighted by atomic mass is 10.1. The second kappa shape index (κ2) is 7.92. The summed E-state index contributed by atoms with van der Waals surface area (Å²) in [7, 11) is 0. The summed E-state index contributed by atoms with van der Waals surface area (Å²) in [5, 5.41) is 11.1. The molecule has 1 atom stereocenters. The number of allylic oxidation sites excluding steroid dienone is 2. The van der Waals surface area contributed by atoms with E-state index in [-0.39, 0.29) is 5.91 Å². The van der Waals surface area contributed by atoms with Gasteiger partial charge in [-0.2, -0.15) is 5.10 Å². The predicted octanol–water partition coefficient (Wildman–Crippen LogP) is 2.84. The van der Waals surface area contributed by atoms with Crippen LogP contribution < -0.4 is 10.1 Å². The minimum atomic E-state index is -0.902. The summed E-state index contributed by atoms with van der Waals surface area (Å²) in [5.41, 5.74) is 1.72. The fraction of sp³-hybridized carbons (Fsp3) is 0.235. The summed E-state index contributed by atoms with van der Waals surface area (Å²) in [6.07, 6.45) is 6.19. The van der Waals surface area contributed by atoms with Gasteiger partial charge in [0, 0.05) is 12.0 Å². The van der Waals surface area contributed by atoms with Gasteiger partial charge in [-0.15, -0.1) is 5.10 Å². The maximum absolute atomic E-state index is 13.0. The van der Waals surface area contributed by atoms with Crippen molar-refractivity contribution >= 4 is 29.1 Å². The molecule has 0 bridgehead atoms. The van der Waals surface area contributed by atoms with E-state index >= 15 is 0 Å². The Bertz CT molecular complexity index is 743. The Balaban J connectivity index is 1.63. The quantitative estimate of drug-likeness (QED) is 0.659. The number of halogens is 1. The third-order valence-electron chi connectivity index (χ3n) is 3.37. The lowest BCUT2D eigenvalue weighted by Gasteiger charge is -2.12. The molecule has 0 radical (unpaired) electrons. The van der Waals surface area contributed by atoms with Gasteiger partial charge in [-0.3, -0.25) is 4.79 Å². The Kier molecular flexibility index (Phi) is 5.43. The Labute approximate surface area is 143 Å². The van der Waals surface area contributed by atoms with Crippen molar-refractivity contribution < 1.29 is 13.9 Å². The third-order valence-corrected chi connectivity index (χ3v) is 4.23. The highest BCUT2D eigenvalue weighted by molar-refractivity contribution is 8.15. The van der Waals surface area contributed by atoms with Crippen molar-refractivity contribution in [2.24, 2.45) is 10.2 Å². The van der Waals surface area contributed by atoms with Gasteiger partial charge in [-0.05, 0) is 17.7 Å². The number of ether oxygens (including phenoxy) is 1. The van der Waals surface area contributed by atoms with Gasteiger partial charge < -0.3 is 10.1 Å². The van der Waals surface area contributed by atoms with Crippen LogP contribution in [0.4, 0.5) is 4.39 Å². The number of nitrogens with one attached hydrogen (secondary N) is 1. The number of para-hydroxylation sites is 1. The van der Waals surface area contributed by atoms with E-state index in [1.165, 1.54) is 17.8 Å². The molecule has 124 valence electrons. The molecule has 1 aromatic rings. The molecule has 0 saturated carbocycles. The SMILES string of the molecule is O=C1CSC(=N/N=C\c2ccccc2OCC2=CC[C@H](F)C=C2)N1. The van der Waals surface area contributed by atoms with E-state index < -0.39 is 6.17 Å². The largest absolute Gasteiger partial charge is 0.488 e. The van der Waals surface area contributed by atoms with Crippen LogP contribution in [0.2, 0.25) is 0 Å². The number of carbonyl (C=O) groups excluding carboxylic acids is 1. The first-order chi connectivity index (χ1) is 11.7. The summed E-state index contributed by atoms with van der Waals surface area (Å²) >= 11 is 1.32. The number of benzene rings is 1. The van der Waals surface area contributed by atoms with Crippen LogP contribution >= 0.6 is 11.8 Å². The first-order valence-electron chi connectivity index (χ1n) is 7.47. The van der Waals surface area contributed by atoms with Crippen LogP contribution in [0.5, 0.6) is 5.75 Å². The molecule has 3 rings (SSSR count). The number of nitrogens with zero attached hydrogens (tertiary/aromatic N) is 2. The fourth-order valence-electron chi connectivity index (χ4n) is 2.15. The zero-order chi connectivity index (χ0) is 16.8. The summed E-state index contributed by atoms with van der Waals surface area (Å²) in [6, 6.07) is 7.45. The number of hydrogen-bond acceptors (Lipinski definition) is 5. The van der Waals surface area contributed by atoms with Crippen LogP contribution in [0.3, 0.4) is 0 Å². The molecule has 1 saturated heterocycles. The molecule has 1 aromatic carbocycles. The van der Waals surface area contributed by atoms with Gasteiger partial charge in [0.05, 0.1) is 12.0 Å². The van der Waals surface area contributed by atoms with Crippen LogP contribution in [0.1, 0.15) is 12.0 Å². The molecule has 1 heterocycles. The maximum Gasteiger partial charge on any atom is 0.236 e. The molecule has 5 nitrogen and oxygen atoms in total. The van der Waals surface area contributed by atoms with Gasteiger partial charge in [-0.25, -0.2) is 4.39 Å². The second-order valence-corrected chi connectivity index (χ2v) is 6.17. The highest BCUT2D eigenvalue weighted by Gasteiger charge is 2.16. The third kappa shape index (κ3) is 4.55. The molecule has 0 aromatic heterocycles. The van der Waals surface area contributed by atoms with Crippen molar-refractivity contribution in [1.82, 2.24) is 5.32 Å². The van der Waals surface area contributed by atoms with Gasteiger partial charge in [0.25, 0.3) is 0 Å². The number of thioether (sulfide) groups is 1. The molecule has 7 heteroatoms. The molecule has 1 aliphatic carbocycles. The zero-order valence-corrected chi connectivity index (χ0v) is 13.6. The number of amides is 1. The summed E-state index contributed by atoms with van der Waals surface area (Å²) in [6.45, 7) is 0.370. The van der Waals surface area contributed by atoms with E-state index in [0.29, 0.717) is 29.7 Å². The van der Waals surface area contributed by atoms with Crippen molar-refractivity contribution in [1.29, 1.82) is 0 Å². The van der Waals surface area contributed by atoms with Crippen molar-refractivity contribution in [3.63, 3.8) is 0 Å². The van der Waals surface area contributed by atoms with Crippen molar-refractivity contribution in [3.05, 3.63) is 53.6 Å². The maximum atomic E-state index is 13.0. The first-order valence-corrected chi connectivity index (χ1v) is 8.46. The Hall–Kier alpha value is -2.41. The number of carbonyl (C=O) groups is 1. The zero-order valence-electron chi connectivity index (χ0n) is 12.8. The molecule has 1 fully saturated rings. The number of rotatable bonds is 5. The molecule has 1 aliphatic heterocycles. The molecule has 1 amide bonds. The monoisotopic (exact) mass is 345 g/mol. The lowest BCUT2D eigenvalue weighted by Crippen LogP contribution is -2.19. The van der Waals surface area contributed by atoms with Gasteiger partial charge in [0.2, 0.25) is 5.91 Å². The van der Waals surface area contributed by atoms with Gasteiger partial charge in [0.15, 0.2) is 5.17 Å². The molecule has 0 unspecified atom stereocenters. The van der Waals surface area contributed by atoms with E-state index in [9.17, 15) is 9.18 Å². The molecular formula is C17H16FN3O2S. The first kappa shape index (κ1) is 16.4. The topological polar surface area (TPSA) is 63.0 Å². The number of amidine groups is 1. The Morgan fingerprint density at radius 2 is 2.29 bits per heavy atom. The van der Waals surface area contributed by atoms with Crippen molar-refractivity contribution in [3.8, 4) is 5.75 Å². The number of hydrogen-bond donors (Lipinski definition) is 1. The highest BCUT2D eigenvalue weighted by atomic mass is 32.2. The van der Waals surface area contributed by atoms with Crippen LogP contribution in [-0.2, 0) is 4.79 Å². The molecule has 2 aliphatic rings. The van der Waals surface area contributed by atoms with E-state index in [0.717, 1.165) is 11.1 Å². The summed E-state index contributed by atoms with van der Waals surface area (Å²) < 4.78 is 18.8. The van der Waals surface area contributed by atoms with E-state index in [2.05, 4.69) is 15.5 Å². The molecule has 1 N–H and O–H groups in total. The van der Waals surface area contributed by atoms with Crippen molar-refractivity contribution in [2.45, 2.75) is 12.6 Å². The smallest absolute Gasteiger partial charge is 0.236 e. The van der Waals surface area contributed by atoms with Crippen LogP contribution in [0, 0.1) is 0 Å². The second-order valence-electron chi connectivity index (χ2n) is 5.20. The standard InChI is InChI=1S/C17H16FN3O2S/c18-14-7-5-12(6-8-14)10-23-15-4-2-1-3-13(15)9-19-21-17-20-16(22)11-24-17/h1-7,9,14H,8,10-11H2,(H,20,21,22)/b19-9-/t14-/m1/s1. The van der Waals surface area contributed by atoms with E-state index in [4.69, 9.17) is 4.74 Å². The lowest BCUT2D eigenvalue weighted by molar-refractivity contribution is -0.116. The number of alkyl halides is 1. The molecule has 0 spiro atoms. The van der Waals surface area contributed by atoms with Gasteiger partial charge in [0.1, 0.15) is 18.5 Å². The fourth-order valence-corrected chi connectivity index (χ4v) is 2.78. The Morgan fingerprint density at radius 3 is 3.04 bits per heavy atom. The van der Waals surface area contributed by atoms with Crippen LogP contribution in [-0.4, -0.2) is 35.8 Å². The molecule has 24 heavy (non-hydrogen) atoms. The van der Waals surface area contributed by atoms with Crippen LogP contribution in [0.25, 0.3) is 0 Å². The summed E-state index contributed by atoms with van der Waals surface area (Å²) in [5.74, 6) is 0.972. The Morgan fingerprint density at radius 1 is 1.42 bits per heavy atom. The average molecular weight is 345 g/mol. The van der Waals surface area contributed by atoms with Gasteiger partial charge >= 0.3 is 0 Å². The summed E-state index contributed by atoms with van der Waals surface area (Å²) in [4.78, 5) is 11.1. The van der Waals surface area contributed by atoms with Gasteiger partial charge in [-0.1, -0.05) is 42.1 Å². The van der Waals surface area contributed by atoms with E-state index in [1.807, 2.05) is 30.3 Å². The minimum absolute atomic E-state index is 0.0676. The average Bonchev–Trinajstić information content (AvgIpc) is 3.01. The predicted molar refractivity (Wildman–Crippen MR) is 94.3 cm³/mol. The van der Waals surface area contributed by atoms with Crippen molar-refractivity contribution in [2.75, 3.05) is 12.4 Å². The molecular weight excluding hydrogens is 329 g/mol. The normalized spacial score (nSPS) is 22.0. The highest BCUT2D eigenvalue weighted by Crippen LogP contribution is 2.19.